The van der Waals surface area contributed by atoms with Gasteiger partial charge >= 0.3 is 0 Å². The summed E-state index contributed by atoms with van der Waals surface area (Å²) in [7, 11) is 2.27. The van der Waals surface area contributed by atoms with Crippen molar-refractivity contribution in [1.29, 1.82) is 0 Å². The third kappa shape index (κ3) is 1.61. The molecule has 2 nitrogen and oxygen atoms in total. The van der Waals surface area contributed by atoms with Crippen LogP contribution in [0.3, 0.4) is 0 Å². The van der Waals surface area contributed by atoms with Crippen LogP contribution in [-0.2, 0) is 13.5 Å². The van der Waals surface area contributed by atoms with E-state index < -0.39 is 0 Å². The maximum Gasteiger partial charge on any atom is 0.0531 e. The van der Waals surface area contributed by atoms with Gasteiger partial charge in [-0.2, -0.15) is 0 Å². The van der Waals surface area contributed by atoms with Gasteiger partial charge in [0.25, 0.3) is 0 Å². The highest BCUT2D eigenvalue weighted by Gasteiger charge is 2.38. The molecule has 0 radical (unpaired) electrons. The van der Waals surface area contributed by atoms with E-state index in [1.165, 1.54) is 49.7 Å². The van der Waals surface area contributed by atoms with Gasteiger partial charge in [0.15, 0.2) is 0 Å². The number of hydrogen-bond donors (Lipinski definition) is 0. The number of hydrogen-bond acceptors (Lipinski definition) is 1. The molecule has 2 aliphatic heterocycles. The van der Waals surface area contributed by atoms with E-state index in [1.807, 2.05) is 0 Å². The largest absolute Gasteiger partial charge is 0.346 e. The van der Waals surface area contributed by atoms with Gasteiger partial charge in [-0.1, -0.05) is 31.5 Å². The second kappa shape index (κ2) is 4.63. The lowest BCUT2D eigenvalue weighted by Gasteiger charge is -2.44. The molecule has 20 heavy (non-hydrogen) atoms. The van der Waals surface area contributed by atoms with Crippen LogP contribution in [0.2, 0.25) is 0 Å². The van der Waals surface area contributed by atoms with Crippen molar-refractivity contribution >= 4 is 10.9 Å². The third-order valence-electron chi connectivity index (χ3n) is 5.57. The van der Waals surface area contributed by atoms with E-state index in [2.05, 4.69) is 47.7 Å². The molecule has 2 atom stereocenters. The van der Waals surface area contributed by atoms with Crippen molar-refractivity contribution in [1.82, 2.24) is 9.47 Å². The summed E-state index contributed by atoms with van der Waals surface area (Å²) in [6, 6.07) is 9.61. The summed E-state index contributed by atoms with van der Waals surface area (Å²) in [6.45, 7) is 4.91. The molecule has 1 aromatic carbocycles. The van der Waals surface area contributed by atoms with Gasteiger partial charge in [-0.3, -0.25) is 4.90 Å². The van der Waals surface area contributed by atoms with Gasteiger partial charge in [0.05, 0.1) is 6.04 Å². The van der Waals surface area contributed by atoms with E-state index in [-0.39, 0.29) is 0 Å². The zero-order valence-corrected chi connectivity index (χ0v) is 12.6. The minimum Gasteiger partial charge on any atom is -0.346 e. The van der Waals surface area contributed by atoms with Crippen LogP contribution in [0.5, 0.6) is 0 Å². The fourth-order valence-corrected chi connectivity index (χ4v) is 4.61. The van der Waals surface area contributed by atoms with E-state index in [0.717, 1.165) is 5.92 Å². The van der Waals surface area contributed by atoms with Crippen LogP contribution in [-0.4, -0.2) is 22.6 Å². The molecule has 2 aromatic rings. The van der Waals surface area contributed by atoms with Crippen molar-refractivity contribution in [3.63, 3.8) is 0 Å². The molecule has 2 aliphatic rings. The average Bonchev–Trinajstić information content (AvgIpc) is 2.80. The fraction of sp³-hybridized carbons (Fsp3) is 0.556. The minimum absolute atomic E-state index is 0.662. The molecular weight excluding hydrogens is 244 g/mol. The molecular formula is C18H24N2. The molecule has 0 aliphatic carbocycles. The van der Waals surface area contributed by atoms with Gasteiger partial charge in [-0.25, -0.2) is 0 Å². The topological polar surface area (TPSA) is 8.17 Å². The Bertz CT molecular complexity index is 640. The Morgan fingerprint density at radius 3 is 2.90 bits per heavy atom. The maximum atomic E-state index is 2.75. The quantitative estimate of drug-likeness (QED) is 0.761. The Kier molecular flexibility index (Phi) is 2.88. The van der Waals surface area contributed by atoms with Crippen molar-refractivity contribution in [2.24, 2.45) is 13.0 Å². The number of para-hydroxylation sites is 1. The molecule has 106 valence electrons. The number of benzene rings is 1. The first-order valence-corrected chi connectivity index (χ1v) is 8.11. The number of piperidine rings is 1. The number of nitrogens with zero attached hydrogens (tertiary/aromatic N) is 2. The monoisotopic (exact) mass is 268 g/mol. The minimum atomic E-state index is 0.662. The predicted molar refractivity (Wildman–Crippen MR) is 84.0 cm³/mol. The molecule has 0 N–H and O–H groups in total. The Balaban J connectivity index is 1.94. The zero-order valence-electron chi connectivity index (χ0n) is 12.6. The molecule has 0 unspecified atom stereocenters. The Hall–Kier alpha value is -1.28. The van der Waals surface area contributed by atoms with Gasteiger partial charge in [0.1, 0.15) is 0 Å². The highest BCUT2D eigenvalue weighted by Crippen LogP contribution is 2.44. The second-order valence-electron chi connectivity index (χ2n) is 6.48. The van der Waals surface area contributed by atoms with Crippen molar-refractivity contribution in [2.75, 3.05) is 13.1 Å². The van der Waals surface area contributed by atoms with Crippen LogP contribution >= 0.6 is 0 Å². The second-order valence-corrected chi connectivity index (χ2v) is 6.48. The van der Waals surface area contributed by atoms with Crippen LogP contribution in [0.1, 0.15) is 43.5 Å². The summed E-state index contributed by atoms with van der Waals surface area (Å²) in [6.07, 6.45) is 5.32. The Labute approximate surface area is 121 Å². The van der Waals surface area contributed by atoms with Crippen molar-refractivity contribution in [3.8, 4) is 0 Å². The normalized spacial score (nSPS) is 26.5. The smallest absolute Gasteiger partial charge is 0.0531 e. The molecule has 1 aromatic heterocycles. The van der Waals surface area contributed by atoms with Crippen LogP contribution < -0.4 is 0 Å². The van der Waals surface area contributed by atoms with E-state index >= 15 is 0 Å². The SMILES string of the molecule is CC[C@@H]1CCCN2CCc3c(n(C)c4ccccc34)[C@H]12. The first-order valence-electron chi connectivity index (χ1n) is 8.11. The van der Waals surface area contributed by atoms with Gasteiger partial charge in [-0.05, 0) is 43.4 Å². The summed E-state index contributed by atoms with van der Waals surface area (Å²) in [5.74, 6) is 0.839. The molecule has 1 fully saturated rings. The lowest BCUT2D eigenvalue weighted by atomic mass is 9.81. The van der Waals surface area contributed by atoms with Crippen LogP contribution in [0.25, 0.3) is 10.9 Å². The lowest BCUT2D eigenvalue weighted by molar-refractivity contribution is 0.0763. The van der Waals surface area contributed by atoms with E-state index in [4.69, 9.17) is 0 Å². The summed E-state index contributed by atoms with van der Waals surface area (Å²) in [5.41, 5.74) is 4.66. The molecule has 0 bridgehead atoms. The number of rotatable bonds is 1. The number of aromatic nitrogens is 1. The number of fused-ring (bicyclic) bond motifs is 5. The third-order valence-corrected chi connectivity index (χ3v) is 5.57. The summed E-state index contributed by atoms with van der Waals surface area (Å²) in [4.78, 5) is 2.75. The van der Waals surface area contributed by atoms with Crippen LogP contribution in [0.4, 0.5) is 0 Å². The molecule has 0 amide bonds. The average molecular weight is 268 g/mol. The molecule has 2 heteroatoms. The molecule has 0 spiro atoms. The molecule has 4 rings (SSSR count). The fourth-order valence-electron chi connectivity index (χ4n) is 4.61. The first-order chi connectivity index (χ1) is 9.81. The summed E-state index contributed by atoms with van der Waals surface area (Å²) < 4.78 is 2.48. The summed E-state index contributed by atoms with van der Waals surface area (Å²) >= 11 is 0. The number of aryl methyl sites for hydroxylation is 1. The summed E-state index contributed by atoms with van der Waals surface area (Å²) in [5, 5.41) is 1.49. The highest BCUT2D eigenvalue weighted by atomic mass is 15.2. The van der Waals surface area contributed by atoms with E-state index in [9.17, 15) is 0 Å². The first kappa shape index (κ1) is 12.5. The van der Waals surface area contributed by atoms with Gasteiger partial charge < -0.3 is 4.57 Å². The van der Waals surface area contributed by atoms with Gasteiger partial charge in [0.2, 0.25) is 0 Å². The van der Waals surface area contributed by atoms with E-state index in [0.29, 0.717) is 6.04 Å². The van der Waals surface area contributed by atoms with Gasteiger partial charge in [0, 0.05) is 30.2 Å². The zero-order chi connectivity index (χ0) is 13.7. The standard InChI is InChI=1S/C18H24N2/c1-3-13-7-6-11-20-12-10-15-14-8-4-5-9-16(14)19(2)18(15)17(13)20/h4-5,8-9,13,17H,3,6-7,10-12H2,1-2H3/t13-,17+/m1/s1. The Morgan fingerprint density at radius 2 is 2.05 bits per heavy atom. The highest BCUT2D eigenvalue weighted by molar-refractivity contribution is 5.86. The maximum absolute atomic E-state index is 2.75. The molecule has 0 saturated carbocycles. The molecule has 3 heterocycles. The van der Waals surface area contributed by atoms with Crippen molar-refractivity contribution in [3.05, 3.63) is 35.5 Å². The predicted octanol–water partition coefficient (Wildman–Crippen LogP) is 3.90. The van der Waals surface area contributed by atoms with Crippen LogP contribution in [0.15, 0.2) is 24.3 Å². The Morgan fingerprint density at radius 1 is 1.20 bits per heavy atom. The van der Waals surface area contributed by atoms with E-state index in [1.54, 1.807) is 11.3 Å². The molecule has 1 saturated heterocycles. The van der Waals surface area contributed by atoms with Crippen molar-refractivity contribution < 1.29 is 0 Å². The van der Waals surface area contributed by atoms with Crippen LogP contribution in [0, 0.1) is 5.92 Å². The lowest BCUT2D eigenvalue weighted by Crippen LogP contribution is -2.43. The van der Waals surface area contributed by atoms with Crippen molar-refractivity contribution in [2.45, 2.75) is 38.6 Å². The van der Waals surface area contributed by atoms with Gasteiger partial charge in [-0.15, -0.1) is 0 Å².